The monoisotopic (exact) mass is 723 g/mol. The van der Waals surface area contributed by atoms with Gasteiger partial charge in [-0.15, -0.1) is 0 Å². The predicted octanol–water partition coefficient (Wildman–Crippen LogP) is 5.00. The number of sulfone groups is 1. The first-order valence-corrected chi connectivity index (χ1v) is 19.4. The van der Waals surface area contributed by atoms with Crippen LogP contribution in [0.5, 0.6) is 0 Å². The Labute approximate surface area is 299 Å². The number of halogens is 2. The van der Waals surface area contributed by atoms with Gasteiger partial charge in [0, 0.05) is 37.3 Å². The summed E-state index contributed by atoms with van der Waals surface area (Å²) in [5.74, 6) is -1.03. The van der Waals surface area contributed by atoms with Gasteiger partial charge in [-0.2, -0.15) is 5.26 Å². The van der Waals surface area contributed by atoms with E-state index >= 15 is 4.39 Å². The van der Waals surface area contributed by atoms with E-state index in [4.69, 9.17) is 4.74 Å². The molecule has 2 amide bonds. The molecule has 1 N–H and O–H groups in total. The second-order valence-corrected chi connectivity index (χ2v) is 16.8. The smallest absolute Gasteiger partial charge is 0.407 e. The molecule has 3 aliphatic heterocycles. The Morgan fingerprint density at radius 2 is 1.80 bits per heavy atom. The molecule has 10 nitrogen and oxygen atoms in total. The Balaban J connectivity index is 1.08. The van der Waals surface area contributed by atoms with Gasteiger partial charge in [0.1, 0.15) is 5.82 Å². The van der Waals surface area contributed by atoms with Crippen LogP contribution in [0.2, 0.25) is 0 Å². The van der Waals surface area contributed by atoms with Crippen LogP contribution in [0.15, 0.2) is 66.1 Å². The van der Waals surface area contributed by atoms with Gasteiger partial charge in [0.15, 0.2) is 15.5 Å². The number of hydrogen-bond acceptors (Lipinski definition) is 8. The number of nitriles is 1. The summed E-state index contributed by atoms with van der Waals surface area (Å²) in [6.07, 6.45) is 5.24. The average Bonchev–Trinajstić information content (AvgIpc) is 3.59. The van der Waals surface area contributed by atoms with Crippen LogP contribution in [0.3, 0.4) is 0 Å². The molecule has 3 saturated heterocycles. The largest absolute Gasteiger partial charge is 0.453 e. The van der Waals surface area contributed by atoms with Crippen molar-refractivity contribution in [1.82, 2.24) is 15.1 Å². The number of carbonyl (C=O) groups excluding carboxylic acids is 2. The van der Waals surface area contributed by atoms with Gasteiger partial charge in [-0.3, -0.25) is 9.69 Å². The molecule has 4 atom stereocenters. The van der Waals surface area contributed by atoms with E-state index in [-0.39, 0.29) is 54.9 Å². The average molecular weight is 724 g/mol. The number of alkyl carbamates (subject to hydrolysis) is 1. The molecule has 4 aliphatic rings. The lowest BCUT2D eigenvalue weighted by Gasteiger charge is -2.50. The van der Waals surface area contributed by atoms with E-state index in [0.717, 1.165) is 12.1 Å². The zero-order valence-electron chi connectivity index (χ0n) is 29.1. The van der Waals surface area contributed by atoms with Crippen LogP contribution in [0, 0.1) is 29.0 Å². The van der Waals surface area contributed by atoms with Gasteiger partial charge in [-0.05, 0) is 106 Å². The number of likely N-dealkylation sites (tertiary alicyclic amines) is 2. The van der Waals surface area contributed by atoms with E-state index in [1.165, 1.54) is 30.2 Å². The van der Waals surface area contributed by atoms with E-state index in [2.05, 4.69) is 22.9 Å². The Morgan fingerprint density at radius 1 is 1.08 bits per heavy atom. The number of nitrogens with zero attached hydrogens (tertiary/aromatic N) is 4. The van der Waals surface area contributed by atoms with Crippen molar-refractivity contribution in [2.45, 2.75) is 72.2 Å². The molecule has 0 radical (unpaired) electrons. The molecule has 2 aromatic rings. The molecule has 1 aliphatic carbocycles. The Bertz CT molecular complexity index is 1750. The van der Waals surface area contributed by atoms with Crippen LogP contribution in [0.1, 0.15) is 50.5 Å². The molecule has 13 heteroatoms. The fraction of sp³-hybridized carbons (Fsp3) is 0.553. The maximum atomic E-state index is 16.1. The molecule has 274 valence electrons. The van der Waals surface area contributed by atoms with E-state index in [0.29, 0.717) is 63.7 Å². The summed E-state index contributed by atoms with van der Waals surface area (Å²) in [4.78, 5) is 30.0. The summed E-state index contributed by atoms with van der Waals surface area (Å²) in [7, 11) is -2.34. The summed E-state index contributed by atoms with van der Waals surface area (Å²) < 4.78 is 62.3. The van der Waals surface area contributed by atoms with Crippen molar-refractivity contribution in [3.8, 4) is 6.07 Å². The van der Waals surface area contributed by atoms with Gasteiger partial charge in [0.2, 0.25) is 5.91 Å². The third-order valence-corrected chi connectivity index (χ3v) is 13.8. The number of rotatable bonds is 10. The number of ether oxygens (including phenoxy) is 1. The van der Waals surface area contributed by atoms with Crippen LogP contribution >= 0.6 is 0 Å². The van der Waals surface area contributed by atoms with Crippen molar-refractivity contribution in [2.75, 3.05) is 57.8 Å². The number of alkyl halides is 1. The molecule has 2 aromatic carbocycles. The minimum atomic E-state index is -3.65. The van der Waals surface area contributed by atoms with Crippen molar-refractivity contribution in [3.63, 3.8) is 0 Å². The fourth-order valence-electron chi connectivity index (χ4n) is 9.05. The lowest BCUT2D eigenvalue weighted by atomic mass is 9.59. The van der Waals surface area contributed by atoms with Crippen molar-refractivity contribution >= 4 is 27.5 Å². The van der Waals surface area contributed by atoms with Gasteiger partial charge in [0.25, 0.3) is 0 Å². The first-order valence-electron chi connectivity index (χ1n) is 17.9. The molecule has 3 heterocycles. The summed E-state index contributed by atoms with van der Waals surface area (Å²) in [5.41, 5.74) is -1.12. The summed E-state index contributed by atoms with van der Waals surface area (Å²) >= 11 is 0. The molecule has 0 spiro atoms. The first-order chi connectivity index (χ1) is 24.4. The van der Waals surface area contributed by atoms with Crippen molar-refractivity contribution in [3.05, 3.63) is 72.6 Å². The molecular formula is C38H47F2N5O5S. The Kier molecular flexibility index (Phi) is 10.7. The van der Waals surface area contributed by atoms with Gasteiger partial charge in [0.05, 0.1) is 41.8 Å². The summed E-state index contributed by atoms with van der Waals surface area (Å²) in [5, 5.41) is 13.1. The van der Waals surface area contributed by atoms with Crippen LogP contribution in [-0.2, 0) is 24.8 Å². The normalized spacial score (nSPS) is 25.3. The second-order valence-electron chi connectivity index (χ2n) is 14.6. The highest BCUT2D eigenvalue weighted by Crippen LogP contribution is 2.50. The number of hydrogen-bond donors (Lipinski definition) is 1. The predicted molar refractivity (Wildman–Crippen MR) is 189 cm³/mol. The molecule has 6 rings (SSSR count). The molecule has 0 unspecified atom stereocenters. The number of amides is 2. The second kappa shape index (κ2) is 14.9. The van der Waals surface area contributed by atoms with Crippen LogP contribution in [0.4, 0.5) is 19.3 Å². The van der Waals surface area contributed by atoms with Gasteiger partial charge >= 0.3 is 6.09 Å². The lowest BCUT2D eigenvalue weighted by Crippen LogP contribution is -2.64. The van der Waals surface area contributed by atoms with E-state index < -0.39 is 38.1 Å². The fourth-order valence-corrected chi connectivity index (χ4v) is 10.8. The number of methoxy groups -OCH3 is 1. The van der Waals surface area contributed by atoms with Crippen LogP contribution in [0.25, 0.3) is 0 Å². The molecule has 4 fully saturated rings. The summed E-state index contributed by atoms with van der Waals surface area (Å²) in [6.45, 7) is 5.91. The van der Waals surface area contributed by atoms with Gasteiger partial charge in [-0.25, -0.2) is 22.0 Å². The summed E-state index contributed by atoms with van der Waals surface area (Å²) in [6, 6.07) is 15.2. The number of carbonyl (C=O) groups is 2. The van der Waals surface area contributed by atoms with Gasteiger partial charge in [-0.1, -0.05) is 25.1 Å². The van der Waals surface area contributed by atoms with E-state index in [9.17, 15) is 27.7 Å². The quantitative estimate of drug-likeness (QED) is 0.340. The Hall–Kier alpha value is -4.02. The zero-order valence-corrected chi connectivity index (χ0v) is 29.9. The Morgan fingerprint density at radius 3 is 2.45 bits per heavy atom. The molecule has 51 heavy (non-hydrogen) atoms. The number of nitrogens with one attached hydrogen (secondary N) is 1. The zero-order chi connectivity index (χ0) is 36.4. The minimum absolute atomic E-state index is 0.118. The SMILES string of the molecule is C=CC(=O)N1CCC[C@@H](S(=O)(=O)c2ccc(N3CC(F)(CN4CCC([C@@](C#N)(c5cccc(F)c5)[C@H]5CCC[C@@H]5NC(=O)OC)CC4)C3)cc2)C1. The first kappa shape index (κ1) is 36.8. The molecule has 1 saturated carbocycles. The van der Waals surface area contributed by atoms with Crippen LogP contribution < -0.4 is 10.2 Å². The third-order valence-electron chi connectivity index (χ3n) is 11.6. The molecule has 0 aromatic heterocycles. The van der Waals surface area contributed by atoms with Gasteiger partial charge < -0.3 is 19.9 Å². The highest BCUT2D eigenvalue weighted by atomic mass is 32.2. The van der Waals surface area contributed by atoms with E-state index in [1.54, 1.807) is 30.3 Å². The minimum Gasteiger partial charge on any atom is -0.453 e. The maximum Gasteiger partial charge on any atom is 0.407 e. The van der Waals surface area contributed by atoms with E-state index in [1.807, 2.05) is 11.0 Å². The van der Waals surface area contributed by atoms with Crippen LogP contribution in [-0.4, -0.2) is 100 Å². The number of piperidine rings is 2. The molecule has 0 bridgehead atoms. The standard InChI is InChI=1S/C38H47F2N5O5S/c1-3-35(46)44-18-6-9-32(22-44)51(48,49)31-14-12-30(13-15-31)45-25-37(40,26-45)24-43-19-16-27(17-20-43)38(23-41,28-7-4-8-29(39)21-28)33-10-5-11-34(33)42-36(47)50-2/h3-4,7-8,12-15,21,27,32-34H,1,5-6,9-11,16-20,22,24-26H2,2H3,(H,42,47)/t32-,33+,34+,38+/m1/s1. The number of anilines is 1. The third kappa shape index (κ3) is 7.35. The number of benzene rings is 2. The maximum absolute atomic E-state index is 16.1. The highest BCUT2D eigenvalue weighted by Gasteiger charge is 2.53. The topological polar surface area (TPSA) is 123 Å². The highest BCUT2D eigenvalue weighted by molar-refractivity contribution is 7.92. The lowest BCUT2D eigenvalue weighted by molar-refractivity contribution is -0.126. The molecular weight excluding hydrogens is 677 g/mol. The van der Waals surface area contributed by atoms with Crippen molar-refractivity contribution in [1.29, 1.82) is 5.26 Å². The van der Waals surface area contributed by atoms with Crippen molar-refractivity contribution in [2.24, 2.45) is 11.8 Å². The van der Waals surface area contributed by atoms with Crippen molar-refractivity contribution < 1.29 is 31.5 Å².